The predicted molar refractivity (Wildman–Crippen MR) is 94.1 cm³/mol. The van der Waals surface area contributed by atoms with Crippen molar-refractivity contribution < 1.29 is 0 Å². The number of para-hydroxylation sites is 1. The van der Waals surface area contributed by atoms with Gasteiger partial charge in [-0.25, -0.2) is 0 Å². The van der Waals surface area contributed by atoms with Gasteiger partial charge in [0.05, 0.1) is 11.4 Å². The van der Waals surface area contributed by atoms with E-state index in [0.29, 0.717) is 0 Å². The highest BCUT2D eigenvalue weighted by molar-refractivity contribution is 7.98. The molecular weight excluding hydrogens is 306 g/mol. The number of hydrogen-bond acceptors (Lipinski definition) is 5. The lowest BCUT2D eigenvalue weighted by Gasteiger charge is -2.09. The lowest BCUT2D eigenvalue weighted by molar-refractivity contribution is 0.877. The van der Waals surface area contributed by atoms with Crippen LogP contribution in [0.3, 0.4) is 0 Å². The van der Waals surface area contributed by atoms with Crippen molar-refractivity contribution in [2.45, 2.75) is 24.8 Å². The Hall–Kier alpha value is -2.34. The molecule has 0 aliphatic heterocycles. The summed E-state index contributed by atoms with van der Waals surface area (Å²) in [6, 6.07) is 12.3. The topological polar surface area (TPSA) is 55.6 Å². The van der Waals surface area contributed by atoms with Crippen LogP contribution >= 0.6 is 11.8 Å². The Morgan fingerprint density at radius 2 is 2.09 bits per heavy atom. The van der Waals surface area contributed by atoms with E-state index in [0.717, 1.165) is 34.5 Å². The van der Waals surface area contributed by atoms with Crippen molar-refractivity contribution in [1.29, 1.82) is 0 Å². The molecule has 0 aliphatic rings. The lowest BCUT2D eigenvalue weighted by Crippen LogP contribution is -1.99. The van der Waals surface area contributed by atoms with E-state index in [9.17, 15) is 0 Å². The van der Waals surface area contributed by atoms with E-state index in [1.165, 1.54) is 5.56 Å². The number of pyridine rings is 1. The van der Waals surface area contributed by atoms with Crippen molar-refractivity contribution in [3.05, 3.63) is 60.2 Å². The van der Waals surface area contributed by atoms with Gasteiger partial charge in [0, 0.05) is 24.2 Å². The molecule has 0 amide bonds. The fraction of sp³-hybridized carbons (Fsp3) is 0.235. The summed E-state index contributed by atoms with van der Waals surface area (Å²) in [6.45, 7) is 5.07. The minimum atomic E-state index is 0.754. The maximum atomic E-state index is 4.42. The molecule has 2 aromatic heterocycles. The molecule has 0 saturated heterocycles. The van der Waals surface area contributed by atoms with Gasteiger partial charge in [-0.05, 0) is 37.6 Å². The Morgan fingerprint density at radius 3 is 2.91 bits per heavy atom. The van der Waals surface area contributed by atoms with Gasteiger partial charge in [0.15, 0.2) is 5.16 Å². The zero-order valence-corrected chi connectivity index (χ0v) is 14.0. The van der Waals surface area contributed by atoms with E-state index in [1.807, 2.05) is 29.0 Å². The molecule has 1 aromatic carbocycles. The number of anilines is 1. The largest absolute Gasteiger partial charge is 0.385 e. The summed E-state index contributed by atoms with van der Waals surface area (Å²) in [7, 11) is 0. The Balaban J connectivity index is 1.76. The van der Waals surface area contributed by atoms with Crippen LogP contribution in [0.15, 0.2) is 54.1 Å². The summed E-state index contributed by atoms with van der Waals surface area (Å²) in [5, 5.41) is 12.5. The fourth-order valence-electron chi connectivity index (χ4n) is 2.33. The van der Waals surface area contributed by atoms with Crippen LogP contribution in [0.1, 0.15) is 18.2 Å². The first kappa shape index (κ1) is 15.6. The number of aryl methyl sites for hydroxylation is 1. The van der Waals surface area contributed by atoms with Crippen LogP contribution in [0.4, 0.5) is 5.69 Å². The predicted octanol–water partition coefficient (Wildman–Crippen LogP) is 3.69. The SMILES string of the molecule is CCNc1ccnc(CSc2nncn2-c2ccccc2C)c1. The van der Waals surface area contributed by atoms with Crippen molar-refractivity contribution in [2.75, 3.05) is 11.9 Å². The number of nitrogens with zero attached hydrogens (tertiary/aromatic N) is 4. The smallest absolute Gasteiger partial charge is 0.196 e. The van der Waals surface area contributed by atoms with Crippen LogP contribution in [0.2, 0.25) is 0 Å². The van der Waals surface area contributed by atoms with E-state index in [1.54, 1.807) is 18.1 Å². The molecule has 3 rings (SSSR count). The highest BCUT2D eigenvalue weighted by atomic mass is 32.2. The zero-order valence-electron chi connectivity index (χ0n) is 13.2. The first-order valence-electron chi connectivity index (χ1n) is 7.55. The van der Waals surface area contributed by atoms with E-state index in [2.05, 4.69) is 52.5 Å². The Labute approximate surface area is 140 Å². The molecule has 0 aliphatic carbocycles. The van der Waals surface area contributed by atoms with E-state index in [4.69, 9.17) is 0 Å². The van der Waals surface area contributed by atoms with Crippen molar-refractivity contribution in [3.8, 4) is 5.69 Å². The minimum Gasteiger partial charge on any atom is -0.385 e. The molecule has 0 fully saturated rings. The maximum absolute atomic E-state index is 4.42. The molecular formula is C17H19N5S. The van der Waals surface area contributed by atoms with Crippen molar-refractivity contribution in [3.63, 3.8) is 0 Å². The molecule has 3 aromatic rings. The summed E-state index contributed by atoms with van der Waals surface area (Å²) >= 11 is 1.64. The maximum Gasteiger partial charge on any atom is 0.196 e. The van der Waals surface area contributed by atoms with Crippen LogP contribution in [0.25, 0.3) is 5.69 Å². The monoisotopic (exact) mass is 325 g/mol. The molecule has 23 heavy (non-hydrogen) atoms. The van der Waals surface area contributed by atoms with Crippen LogP contribution in [-0.4, -0.2) is 26.3 Å². The molecule has 1 N–H and O–H groups in total. The lowest BCUT2D eigenvalue weighted by atomic mass is 10.2. The molecule has 0 bridgehead atoms. The van der Waals surface area contributed by atoms with Crippen molar-refractivity contribution in [1.82, 2.24) is 19.7 Å². The number of hydrogen-bond donors (Lipinski definition) is 1. The highest BCUT2D eigenvalue weighted by Crippen LogP contribution is 2.24. The standard InChI is InChI=1S/C17H19N5S/c1-3-18-14-8-9-19-15(10-14)11-23-17-21-20-12-22(17)16-7-5-4-6-13(16)2/h4-10,12H,3,11H2,1-2H3,(H,18,19). The van der Waals surface area contributed by atoms with Gasteiger partial charge in [0.2, 0.25) is 0 Å². The number of benzene rings is 1. The Morgan fingerprint density at radius 1 is 1.22 bits per heavy atom. The van der Waals surface area contributed by atoms with Gasteiger partial charge in [0.1, 0.15) is 6.33 Å². The average molecular weight is 325 g/mol. The van der Waals surface area contributed by atoms with E-state index >= 15 is 0 Å². The summed E-state index contributed by atoms with van der Waals surface area (Å²) in [6.07, 6.45) is 3.59. The molecule has 2 heterocycles. The second-order valence-electron chi connectivity index (χ2n) is 5.12. The number of thioether (sulfide) groups is 1. The first-order valence-corrected chi connectivity index (χ1v) is 8.54. The zero-order chi connectivity index (χ0) is 16.1. The summed E-state index contributed by atoms with van der Waals surface area (Å²) in [5.74, 6) is 0.754. The summed E-state index contributed by atoms with van der Waals surface area (Å²) < 4.78 is 2.02. The second kappa shape index (κ2) is 7.28. The molecule has 0 radical (unpaired) electrons. The summed E-state index contributed by atoms with van der Waals surface area (Å²) in [5.41, 5.74) is 4.42. The third kappa shape index (κ3) is 3.71. The number of aromatic nitrogens is 4. The quantitative estimate of drug-likeness (QED) is 0.700. The third-order valence-electron chi connectivity index (χ3n) is 3.44. The van der Waals surface area contributed by atoms with Gasteiger partial charge in [-0.3, -0.25) is 9.55 Å². The molecule has 0 saturated carbocycles. The van der Waals surface area contributed by atoms with Gasteiger partial charge in [-0.2, -0.15) is 0 Å². The fourth-order valence-corrected chi connectivity index (χ4v) is 3.16. The van der Waals surface area contributed by atoms with Crippen LogP contribution in [0.5, 0.6) is 0 Å². The Kier molecular flexibility index (Phi) is 4.92. The van der Waals surface area contributed by atoms with Crippen molar-refractivity contribution in [2.24, 2.45) is 0 Å². The molecule has 5 nitrogen and oxygen atoms in total. The molecule has 118 valence electrons. The Bertz CT molecular complexity index is 784. The molecule has 6 heteroatoms. The highest BCUT2D eigenvalue weighted by Gasteiger charge is 2.09. The van der Waals surface area contributed by atoms with Gasteiger partial charge in [-0.15, -0.1) is 10.2 Å². The van der Waals surface area contributed by atoms with Gasteiger partial charge >= 0.3 is 0 Å². The van der Waals surface area contributed by atoms with E-state index < -0.39 is 0 Å². The molecule has 0 spiro atoms. The van der Waals surface area contributed by atoms with Crippen LogP contribution < -0.4 is 5.32 Å². The van der Waals surface area contributed by atoms with Crippen LogP contribution in [-0.2, 0) is 5.75 Å². The van der Waals surface area contributed by atoms with Gasteiger partial charge in [0.25, 0.3) is 0 Å². The third-order valence-corrected chi connectivity index (χ3v) is 4.41. The van der Waals surface area contributed by atoms with E-state index in [-0.39, 0.29) is 0 Å². The number of nitrogens with one attached hydrogen (secondary N) is 1. The minimum absolute atomic E-state index is 0.754. The normalized spacial score (nSPS) is 10.7. The van der Waals surface area contributed by atoms with Gasteiger partial charge in [-0.1, -0.05) is 30.0 Å². The molecule has 0 unspecified atom stereocenters. The van der Waals surface area contributed by atoms with Crippen molar-refractivity contribution >= 4 is 17.4 Å². The molecule has 0 atom stereocenters. The average Bonchev–Trinajstić information content (AvgIpc) is 3.02. The summed E-state index contributed by atoms with van der Waals surface area (Å²) in [4.78, 5) is 4.42. The van der Waals surface area contributed by atoms with Crippen LogP contribution in [0, 0.1) is 6.92 Å². The number of rotatable bonds is 6. The second-order valence-corrected chi connectivity index (χ2v) is 6.07. The van der Waals surface area contributed by atoms with Gasteiger partial charge < -0.3 is 5.32 Å². The first-order chi connectivity index (χ1) is 11.3.